The number of nitrogens with one attached hydrogen (secondary N) is 2. The molecule has 0 fully saturated rings. The highest BCUT2D eigenvalue weighted by Gasteiger charge is 2.18. The van der Waals surface area contributed by atoms with Crippen LogP contribution in [0.5, 0.6) is 0 Å². The Morgan fingerprint density at radius 3 is 2.71 bits per heavy atom. The molecule has 0 saturated heterocycles. The largest absolute Gasteiger partial charge is 0.397 e. The van der Waals surface area contributed by atoms with Crippen LogP contribution in [0.15, 0.2) is 6.07 Å². The number of likely N-dealkylation sites (N-methyl/N-ethyl adjacent to an activating group) is 1. The fraction of sp³-hybridized carbons (Fsp3) is 0.357. The van der Waals surface area contributed by atoms with E-state index in [4.69, 9.17) is 5.73 Å². The predicted octanol–water partition coefficient (Wildman–Crippen LogP) is 1.36. The van der Waals surface area contributed by atoms with Crippen LogP contribution in [0.25, 0.3) is 10.1 Å². The van der Waals surface area contributed by atoms with Crippen molar-refractivity contribution in [1.29, 1.82) is 0 Å². The molecule has 0 unspecified atom stereocenters. The van der Waals surface area contributed by atoms with Gasteiger partial charge in [0.25, 0.3) is 5.91 Å². The number of thiophene rings is 1. The van der Waals surface area contributed by atoms with E-state index in [2.05, 4.69) is 15.6 Å². The summed E-state index contributed by atoms with van der Waals surface area (Å²) < 4.78 is 0.931. The van der Waals surface area contributed by atoms with Crippen molar-refractivity contribution < 1.29 is 9.59 Å². The Morgan fingerprint density at radius 2 is 2.05 bits per heavy atom. The van der Waals surface area contributed by atoms with Crippen molar-refractivity contribution >= 4 is 38.9 Å². The highest BCUT2D eigenvalue weighted by Crippen LogP contribution is 2.35. The lowest BCUT2D eigenvalue weighted by Crippen LogP contribution is -2.36. The van der Waals surface area contributed by atoms with Gasteiger partial charge < -0.3 is 16.4 Å². The van der Waals surface area contributed by atoms with Gasteiger partial charge in [-0.1, -0.05) is 0 Å². The molecule has 2 aromatic heterocycles. The van der Waals surface area contributed by atoms with Gasteiger partial charge in [0.15, 0.2) is 0 Å². The number of amides is 2. The third-order valence-corrected chi connectivity index (χ3v) is 4.16. The van der Waals surface area contributed by atoms with E-state index >= 15 is 0 Å². The van der Waals surface area contributed by atoms with Gasteiger partial charge in [-0.15, -0.1) is 11.3 Å². The number of anilines is 1. The van der Waals surface area contributed by atoms with Gasteiger partial charge >= 0.3 is 0 Å². The van der Waals surface area contributed by atoms with Crippen molar-refractivity contribution in [2.75, 3.05) is 18.8 Å². The minimum atomic E-state index is -0.336. The molecule has 0 bridgehead atoms. The van der Waals surface area contributed by atoms with Crippen molar-refractivity contribution in [2.24, 2.45) is 0 Å². The average molecular weight is 306 g/mol. The van der Waals surface area contributed by atoms with Crippen LogP contribution >= 0.6 is 11.3 Å². The molecule has 0 spiro atoms. The zero-order valence-corrected chi connectivity index (χ0v) is 13.1. The van der Waals surface area contributed by atoms with E-state index in [1.807, 2.05) is 26.8 Å². The second-order valence-corrected chi connectivity index (χ2v) is 5.76. The molecule has 2 heterocycles. The van der Waals surface area contributed by atoms with Crippen molar-refractivity contribution in [3.05, 3.63) is 22.3 Å². The maximum Gasteiger partial charge on any atom is 0.263 e. The van der Waals surface area contributed by atoms with Gasteiger partial charge in [-0.05, 0) is 26.8 Å². The number of pyridine rings is 1. The molecule has 0 aliphatic carbocycles. The number of aryl methyl sites for hydroxylation is 2. The topological polar surface area (TPSA) is 97.1 Å². The van der Waals surface area contributed by atoms with Gasteiger partial charge in [0.05, 0.1) is 12.2 Å². The molecule has 0 aliphatic rings. The van der Waals surface area contributed by atoms with Gasteiger partial charge in [0, 0.05) is 28.0 Å². The van der Waals surface area contributed by atoms with Crippen molar-refractivity contribution in [2.45, 2.75) is 20.8 Å². The molecular weight excluding hydrogens is 288 g/mol. The summed E-state index contributed by atoms with van der Waals surface area (Å²) in [5, 5.41) is 6.01. The van der Waals surface area contributed by atoms with Gasteiger partial charge in [-0.3, -0.25) is 14.6 Å². The summed E-state index contributed by atoms with van der Waals surface area (Å²) in [6.45, 7) is 6.06. The maximum absolute atomic E-state index is 12.2. The number of carbonyl (C=O) groups is 2. The van der Waals surface area contributed by atoms with E-state index in [1.165, 1.54) is 11.3 Å². The Bertz CT molecular complexity index is 709. The minimum absolute atomic E-state index is 0.0589. The van der Waals surface area contributed by atoms with Crippen LogP contribution in [0.3, 0.4) is 0 Å². The molecule has 2 amide bonds. The lowest BCUT2D eigenvalue weighted by molar-refractivity contribution is -0.120. The van der Waals surface area contributed by atoms with Crippen LogP contribution in [-0.4, -0.2) is 29.9 Å². The first-order valence-corrected chi connectivity index (χ1v) is 7.46. The molecule has 0 atom stereocenters. The van der Waals surface area contributed by atoms with E-state index < -0.39 is 0 Å². The Labute approximate surface area is 126 Å². The highest BCUT2D eigenvalue weighted by molar-refractivity contribution is 7.21. The number of hydrogen-bond acceptors (Lipinski definition) is 5. The Hall–Kier alpha value is -2.15. The van der Waals surface area contributed by atoms with Gasteiger partial charge in [-0.25, -0.2) is 0 Å². The number of nitrogens with zero attached hydrogens (tertiary/aromatic N) is 1. The molecular formula is C14H18N4O2S. The lowest BCUT2D eigenvalue weighted by Gasteiger charge is -2.04. The highest BCUT2D eigenvalue weighted by atomic mass is 32.1. The zero-order valence-electron chi connectivity index (χ0n) is 12.2. The van der Waals surface area contributed by atoms with Gasteiger partial charge in [0.1, 0.15) is 4.88 Å². The summed E-state index contributed by atoms with van der Waals surface area (Å²) in [5.74, 6) is -0.559. The molecule has 2 rings (SSSR count). The monoisotopic (exact) mass is 306 g/mol. The molecule has 0 saturated carbocycles. The quantitative estimate of drug-likeness (QED) is 0.794. The second-order valence-electron chi connectivity index (χ2n) is 4.70. The van der Waals surface area contributed by atoms with Crippen LogP contribution in [0.1, 0.15) is 28.0 Å². The van der Waals surface area contributed by atoms with E-state index in [1.54, 1.807) is 0 Å². The molecule has 7 heteroatoms. The van der Waals surface area contributed by atoms with Crippen LogP contribution < -0.4 is 16.4 Å². The van der Waals surface area contributed by atoms with Crippen LogP contribution in [0, 0.1) is 13.8 Å². The summed E-state index contributed by atoms with van der Waals surface area (Å²) in [4.78, 5) is 28.3. The number of carbonyl (C=O) groups excluding carboxylic acids is 2. The number of nitrogens with two attached hydrogens (primary N) is 1. The third kappa shape index (κ3) is 3.13. The molecule has 0 radical (unpaired) electrons. The first-order valence-electron chi connectivity index (χ1n) is 6.65. The summed E-state index contributed by atoms with van der Waals surface area (Å²) in [7, 11) is 0. The van der Waals surface area contributed by atoms with Crippen molar-refractivity contribution in [1.82, 2.24) is 15.6 Å². The normalized spacial score (nSPS) is 10.6. The fourth-order valence-electron chi connectivity index (χ4n) is 2.15. The lowest BCUT2D eigenvalue weighted by atomic mass is 10.2. The SMILES string of the molecule is CCNC(=O)CNC(=O)c1sc2cc(C)nc(C)c2c1N. The van der Waals surface area contributed by atoms with E-state index in [0.717, 1.165) is 21.5 Å². The number of fused-ring (bicyclic) bond motifs is 1. The average Bonchev–Trinajstić information content (AvgIpc) is 2.73. The Kier molecular flexibility index (Phi) is 4.42. The number of rotatable bonds is 4. The van der Waals surface area contributed by atoms with Gasteiger partial charge in [0.2, 0.25) is 5.91 Å². The number of hydrogen-bond donors (Lipinski definition) is 3. The Morgan fingerprint density at radius 1 is 1.33 bits per heavy atom. The molecule has 0 aromatic carbocycles. The van der Waals surface area contributed by atoms with Crippen molar-refractivity contribution in [3.63, 3.8) is 0 Å². The third-order valence-electron chi connectivity index (χ3n) is 3.01. The first-order chi connectivity index (χ1) is 9.93. The molecule has 2 aromatic rings. The predicted molar refractivity (Wildman–Crippen MR) is 84.5 cm³/mol. The van der Waals surface area contributed by atoms with E-state index in [0.29, 0.717) is 17.1 Å². The van der Waals surface area contributed by atoms with Gasteiger partial charge in [-0.2, -0.15) is 0 Å². The molecule has 0 aliphatic heterocycles. The second kappa shape index (κ2) is 6.09. The summed E-state index contributed by atoms with van der Waals surface area (Å²) >= 11 is 1.32. The summed E-state index contributed by atoms with van der Waals surface area (Å²) in [6, 6.07) is 1.91. The number of aromatic nitrogens is 1. The molecule has 6 nitrogen and oxygen atoms in total. The first kappa shape index (κ1) is 15.2. The molecule has 112 valence electrons. The summed E-state index contributed by atoms with van der Waals surface area (Å²) in [5.41, 5.74) is 8.18. The van der Waals surface area contributed by atoms with Crippen LogP contribution in [0.2, 0.25) is 0 Å². The summed E-state index contributed by atoms with van der Waals surface area (Å²) in [6.07, 6.45) is 0. The molecule has 21 heavy (non-hydrogen) atoms. The fourth-order valence-corrected chi connectivity index (χ4v) is 3.33. The van der Waals surface area contributed by atoms with E-state index in [9.17, 15) is 9.59 Å². The minimum Gasteiger partial charge on any atom is -0.397 e. The smallest absolute Gasteiger partial charge is 0.263 e. The van der Waals surface area contributed by atoms with Crippen molar-refractivity contribution in [3.8, 4) is 0 Å². The number of nitrogen functional groups attached to an aromatic ring is 1. The van der Waals surface area contributed by atoms with E-state index in [-0.39, 0.29) is 18.4 Å². The van der Waals surface area contributed by atoms with Crippen LogP contribution in [-0.2, 0) is 4.79 Å². The Balaban J connectivity index is 2.26. The van der Waals surface area contributed by atoms with Crippen LogP contribution in [0.4, 0.5) is 5.69 Å². The zero-order chi connectivity index (χ0) is 15.6. The standard InChI is InChI=1S/C14H18N4O2S/c1-4-16-10(19)6-17-14(20)13-12(15)11-8(3)18-7(2)5-9(11)21-13/h5H,4,6,15H2,1-3H3,(H,16,19)(H,17,20). The maximum atomic E-state index is 12.2. The molecule has 4 N–H and O–H groups in total.